The van der Waals surface area contributed by atoms with Crippen molar-refractivity contribution in [1.82, 2.24) is 9.78 Å². The summed E-state index contributed by atoms with van der Waals surface area (Å²) in [5, 5.41) is 12.9. The summed E-state index contributed by atoms with van der Waals surface area (Å²) in [5.41, 5.74) is 0.997. The minimum atomic E-state index is -0.981. The summed E-state index contributed by atoms with van der Waals surface area (Å²) in [6.07, 6.45) is 1.19. The molecule has 0 aliphatic heterocycles. The van der Waals surface area contributed by atoms with E-state index in [1.807, 2.05) is 0 Å². The van der Waals surface area contributed by atoms with Crippen LogP contribution >= 0.6 is 11.6 Å². The summed E-state index contributed by atoms with van der Waals surface area (Å²) in [7, 11) is 0. The molecule has 1 aromatic heterocycles. The van der Waals surface area contributed by atoms with Crippen LogP contribution in [0.1, 0.15) is 5.56 Å². The molecule has 1 heterocycles. The van der Waals surface area contributed by atoms with Crippen LogP contribution in [-0.2, 0) is 11.2 Å². The summed E-state index contributed by atoms with van der Waals surface area (Å²) in [6.45, 7) is 0. The molecule has 2 aromatic rings. The molecule has 0 amide bonds. The number of nitrogens with zero attached hydrogens (tertiary/aromatic N) is 2. The number of carboxylic acids is 1. The van der Waals surface area contributed by atoms with Crippen LogP contribution in [0.25, 0.3) is 5.69 Å². The third kappa shape index (κ3) is 2.45. The molecule has 0 aliphatic carbocycles. The van der Waals surface area contributed by atoms with E-state index < -0.39 is 5.97 Å². The van der Waals surface area contributed by atoms with E-state index in [1.54, 1.807) is 0 Å². The Morgan fingerprint density at radius 3 is 2.65 bits per heavy atom. The fourth-order valence-corrected chi connectivity index (χ4v) is 1.67. The zero-order valence-electron chi connectivity index (χ0n) is 8.60. The van der Waals surface area contributed by atoms with Crippen LogP contribution in [0.15, 0.2) is 30.5 Å². The van der Waals surface area contributed by atoms with E-state index in [0.29, 0.717) is 11.3 Å². The van der Waals surface area contributed by atoms with Crippen molar-refractivity contribution in [2.45, 2.75) is 6.42 Å². The standard InChI is InChI=1S/C11H8ClFN2O2/c12-11-7(5-10(16)17)6-14-15(11)9-3-1-8(13)2-4-9/h1-4,6H,5H2,(H,16,17). The molecule has 6 heteroatoms. The van der Waals surface area contributed by atoms with Gasteiger partial charge in [0.25, 0.3) is 0 Å². The summed E-state index contributed by atoms with van der Waals surface area (Å²) in [4.78, 5) is 10.6. The lowest BCUT2D eigenvalue weighted by Crippen LogP contribution is -2.00. The number of hydrogen-bond acceptors (Lipinski definition) is 2. The van der Waals surface area contributed by atoms with Gasteiger partial charge in [0.1, 0.15) is 11.0 Å². The van der Waals surface area contributed by atoms with Gasteiger partial charge >= 0.3 is 5.97 Å². The Morgan fingerprint density at radius 2 is 2.06 bits per heavy atom. The highest BCUT2D eigenvalue weighted by Crippen LogP contribution is 2.20. The highest BCUT2D eigenvalue weighted by molar-refractivity contribution is 6.30. The number of benzene rings is 1. The molecule has 0 bridgehead atoms. The number of aliphatic carboxylic acids is 1. The van der Waals surface area contributed by atoms with Crippen molar-refractivity contribution in [2.75, 3.05) is 0 Å². The predicted molar refractivity (Wildman–Crippen MR) is 59.9 cm³/mol. The molecule has 0 aliphatic rings. The maximum Gasteiger partial charge on any atom is 0.307 e. The number of carbonyl (C=O) groups is 1. The van der Waals surface area contributed by atoms with Crippen molar-refractivity contribution < 1.29 is 14.3 Å². The number of halogens is 2. The Balaban J connectivity index is 2.37. The number of hydrogen-bond donors (Lipinski definition) is 1. The van der Waals surface area contributed by atoms with Crippen LogP contribution in [0.3, 0.4) is 0 Å². The first kappa shape index (κ1) is 11.6. The Kier molecular flexibility index (Phi) is 3.10. The van der Waals surface area contributed by atoms with Gasteiger partial charge in [-0.15, -0.1) is 0 Å². The predicted octanol–water partition coefficient (Wildman–Crippen LogP) is 2.29. The summed E-state index contributed by atoms with van der Waals surface area (Å²) in [5.74, 6) is -1.34. The summed E-state index contributed by atoms with van der Waals surface area (Å²) in [6, 6.07) is 5.59. The van der Waals surface area contributed by atoms with Crippen molar-refractivity contribution in [3.8, 4) is 5.69 Å². The smallest absolute Gasteiger partial charge is 0.307 e. The molecule has 0 radical (unpaired) electrons. The van der Waals surface area contributed by atoms with Crippen LogP contribution in [0.4, 0.5) is 4.39 Å². The highest BCUT2D eigenvalue weighted by Gasteiger charge is 2.12. The molecule has 4 nitrogen and oxygen atoms in total. The van der Waals surface area contributed by atoms with Gasteiger partial charge in [0.05, 0.1) is 18.3 Å². The van der Waals surface area contributed by atoms with Gasteiger partial charge in [-0.2, -0.15) is 5.10 Å². The molecule has 0 spiro atoms. The molecule has 0 saturated carbocycles. The van der Waals surface area contributed by atoms with Gasteiger partial charge < -0.3 is 5.11 Å². The van der Waals surface area contributed by atoms with E-state index in [1.165, 1.54) is 35.1 Å². The van der Waals surface area contributed by atoms with Crippen LogP contribution in [0.5, 0.6) is 0 Å². The van der Waals surface area contributed by atoms with Gasteiger partial charge in [0.2, 0.25) is 0 Å². The maximum absolute atomic E-state index is 12.7. The van der Waals surface area contributed by atoms with Gasteiger partial charge in [-0.25, -0.2) is 9.07 Å². The average molecular weight is 255 g/mol. The number of aromatic nitrogens is 2. The van der Waals surface area contributed by atoms with Gasteiger partial charge in [0, 0.05) is 5.56 Å². The third-order valence-electron chi connectivity index (χ3n) is 2.19. The fraction of sp³-hybridized carbons (Fsp3) is 0.0909. The van der Waals surface area contributed by atoms with E-state index in [4.69, 9.17) is 16.7 Å². The SMILES string of the molecule is O=C(O)Cc1cnn(-c2ccc(F)cc2)c1Cl. The molecule has 0 fully saturated rings. The zero-order valence-corrected chi connectivity index (χ0v) is 9.36. The fourth-order valence-electron chi connectivity index (χ4n) is 1.41. The Labute approximate surface area is 101 Å². The molecule has 17 heavy (non-hydrogen) atoms. The first-order chi connectivity index (χ1) is 8.08. The first-order valence-corrected chi connectivity index (χ1v) is 5.16. The second-order valence-corrected chi connectivity index (χ2v) is 3.78. The Morgan fingerprint density at radius 1 is 1.41 bits per heavy atom. The molecule has 0 unspecified atom stereocenters. The van der Waals surface area contributed by atoms with Gasteiger partial charge in [-0.3, -0.25) is 4.79 Å². The second-order valence-electron chi connectivity index (χ2n) is 3.42. The lowest BCUT2D eigenvalue weighted by molar-refractivity contribution is -0.136. The van der Waals surface area contributed by atoms with Crippen molar-refractivity contribution >= 4 is 17.6 Å². The quantitative estimate of drug-likeness (QED) is 0.914. The molecule has 2 rings (SSSR count). The van der Waals surface area contributed by atoms with Crippen molar-refractivity contribution in [1.29, 1.82) is 0 Å². The van der Waals surface area contributed by atoms with E-state index in [9.17, 15) is 9.18 Å². The molecule has 1 N–H and O–H groups in total. The van der Waals surface area contributed by atoms with Gasteiger partial charge in [0.15, 0.2) is 0 Å². The molecule has 1 aromatic carbocycles. The van der Waals surface area contributed by atoms with E-state index in [-0.39, 0.29) is 17.4 Å². The van der Waals surface area contributed by atoms with E-state index in [2.05, 4.69) is 5.10 Å². The molecular weight excluding hydrogens is 247 g/mol. The molecule has 0 atom stereocenters. The minimum Gasteiger partial charge on any atom is -0.481 e. The highest BCUT2D eigenvalue weighted by atomic mass is 35.5. The molecule has 0 saturated heterocycles. The van der Waals surface area contributed by atoms with Crippen molar-refractivity contribution in [2.24, 2.45) is 0 Å². The third-order valence-corrected chi connectivity index (χ3v) is 2.60. The Bertz CT molecular complexity index is 551. The van der Waals surface area contributed by atoms with Crippen molar-refractivity contribution in [3.05, 3.63) is 47.0 Å². The lowest BCUT2D eigenvalue weighted by atomic mass is 10.2. The zero-order chi connectivity index (χ0) is 12.4. The topological polar surface area (TPSA) is 55.1 Å². The van der Waals surface area contributed by atoms with E-state index >= 15 is 0 Å². The summed E-state index contributed by atoms with van der Waals surface area (Å²) < 4.78 is 14.1. The lowest BCUT2D eigenvalue weighted by Gasteiger charge is -2.03. The largest absolute Gasteiger partial charge is 0.481 e. The molecule has 88 valence electrons. The van der Waals surface area contributed by atoms with E-state index in [0.717, 1.165) is 0 Å². The van der Waals surface area contributed by atoms with Crippen LogP contribution in [-0.4, -0.2) is 20.9 Å². The first-order valence-electron chi connectivity index (χ1n) is 4.78. The van der Waals surface area contributed by atoms with Crippen LogP contribution < -0.4 is 0 Å². The second kappa shape index (κ2) is 4.55. The Hall–Kier alpha value is -1.88. The average Bonchev–Trinajstić information content (AvgIpc) is 2.61. The number of rotatable bonds is 3. The summed E-state index contributed by atoms with van der Waals surface area (Å²) >= 11 is 5.99. The van der Waals surface area contributed by atoms with Crippen LogP contribution in [0, 0.1) is 5.82 Å². The van der Waals surface area contributed by atoms with Crippen molar-refractivity contribution in [3.63, 3.8) is 0 Å². The monoisotopic (exact) mass is 254 g/mol. The van der Waals surface area contributed by atoms with Gasteiger partial charge in [-0.05, 0) is 24.3 Å². The normalized spacial score (nSPS) is 10.5. The minimum absolute atomic E-state index is 0.194. The molecular formula is C11H8ClFN2O2. The maximum atomic E-state index is 12.7. The number of carboxylic acid groups (broad SMARTS) is 1. The van der Waals surface area contributed by atoms with Gasteiger partial charge in [-0.1, -0.05) is 11.6 Å². The van der Waals surface area contributed by atoms with Crippen LogP contribution in [0.2, 0.25) is 5.15 Å².